The van der Waals surface area contributed by atoms with Crippen LogP contribution < -0.4 is 10.6 Å². The van der Waals surface area contributed by atoms with Gasteiger partial charge < -0.3 is 15.2 Å². The van der Waals surface area contributed by atoms with Crippen molar-refractivity contribution in [1.82, 2.24) is 20.7 Å². The summed E-state index contributed by atoms with van der Waals surface area (Å²) >= 11 is 0. The predicted molar refractivity (Wildman–Crippen MR) is 93.7 cm³/mol. The molecule has 7 nitrogen and oxygen atoms in total. The van der Waals surface area contributed by atoms with Crippen molar-refractivity contribution in [1.29, 1.82) is 0 Å². The normalized spacial score (nSPS) is 12.0. The van der Waals surface area contributed by atoms with Crippen LogP contribution in [0.3, 0.4) is 0 Å². The fourth-order valence-electron chi connectivity index (χ4n) is 2.39. The summed E-state index contributed by atoms with van der Waals surface area (Å²) in [4.78, 5) is 25.6. The Labute approximate surface area is 147 Å². The van der Waals surface area contributed by atoms with Crippen LogP contribution in [0.4, 0.5) is 0 Å². The van der Waals surface area contributed by atoms with E-state index in [4.69, 9.17) is 4.52 Å². The third-order valence-corrected chi connectivity index (χ3v) is 3.78. The van der Waals surface area contributed by atoms with Gasteiger partial charge >= 0.3 is 0 Å². The SMILES string of the molecule is CNC(=O)C(C)CNC(=O)c1cc(CN(C)Cc2ccccc2)on1. The Balaban J connectivity index is 1.84. The maximum atomic E-state index is 12.1. The summed E-state index contributed by atoms with van der Waals surface area (Å²) in [7, 11) is 3.54. The molecule has 7 heteroatoms. The van der Waals surface area contributed by atoms with Gasteiger partial charge in [-0.2, -0.15) is 0 Å². The summed E-state index contributed by atoms with van der Waals surface area (Å²) in [6.45, 7) is 3.30. The highest BCUT2D eigenvalue weighted by atomic mass is 16.5. The Kier molecular flexibility index (Phi) is 6.71. The number of nitrogens with one attached hydrogen (secondary N) is 2. The lowest BCUT2D eigenvalue weighted by Crippen LogP contribution is -2.36. The van der Waals surface area contributed by atoms with E-state index in [2.05, 4.69) is 32.8 Å². The molecule has 134 valence electrons. The molecule has 1 heterocycles. The van der Waals surface area contributed by atoms with Gasteiger partial charge in [-0.05, 0) is 12.6 Å². The fraction of sp³-hybridized carbons (Fsp3) is 0.389. The largest absolute Gasteiger partial charge is 0.359 e. The summed E-state index contributed by atoms with van der Waals surface area (Å²) < 4.78 is 5.24. The van der Waals surface area contributed by atoms with Crippen molar-refractivity contribution < 1.29 is 14.1 Å². The molecule has 0 aliphatic heterocycles. The Hall–Kier alpha value is -2.67. The molecule has 25 heavy (non-hydrogen) atoms. The molecule has 0 fully saturated rings. The number of carbonyl (C=O) groups excluding carboxylic acids is 2. The molecule has 2 aromatic rings. The minimum absolute atomic E-state index is 0.122. The van der Waals surface area contributed by atoms with E-state index in [1.165, 1.54) is 5.56 Å². The van der Waals surface area contributed by atoms with Crippen molar-refractivity contribution >= 4 is 11.8 Å². The van der Waals surface area contributed by atoms with Gasteiger partial charge in [0.05, 0.1) is 12.5 Å². The van der Waals surface area contributed by atoms with E-state index in [1.807, 2.05) is 25.2 Å². The summed E-state index contributed by atoms with van der Waals surface area (Å²) in [5.41, 5.74) is 1.41. The number of hydrogen-bond acceptors (Lipinski definition) is 5. The number of aromatic nitrogens is 1. The van der Waals surface area contributed by atoms with Gasteiger partial charge in [0.1, 0.15) is 0 Å². The van der Waals surface area contributed by atoms with Crippen molar-refractivity contribution in [3.8, 4) is 0 Å². The first-order chi connectivity index (χ1) is 12.0. The Morgan fingerprint density at radius 2 is 1.96 bits per heavy atom. The zero-order chi connectivity index (χ0) is 18.2. The van der Waals surface area contributed by atoms with Crippen LogP contribution >= 0.6 is 0 Å². The Bertz CT molecular complexity index is 699. The third kappa shape index (κ3) is 5.72. The lowest BCUT2D eigenvalue weighted by molar-refractivity contribution is -0.123. The molecule has 0 aliphatic carbocycles. The average molecular weight is 344 g/mol. The maximum Gasteiger partial charge on any atom is 0.273 e. The van der Waals surface area contributed by atoms with E-state index in [0.717, 1.165) is 6.54 Å². The molecule has 1 aromatic heterocycles. The molecule has 0 saturated heterocycles. The van der Waals surface area contributed by atoms with E-state index in [1.54, 1.807) is 20.0 Å². The summed E-state index contributed by atoms with van der Waals surface area (Å²) in [6, 6.07) is 11.7. The van der Waals surface area contributed by atoms with Gasteiger partial charge in [0, 0.05) is 26.2 Å². The number of benzene rings is 1. The van der Waals surface area contributed by atoms with E-state index >= 15 is 0 Å². The van der Waals surface area contributed by atoms with Crippen molar-refractivity contribution in [3.63, 3.8) is 0 Å². The molecule has 0 spiro atoms. The molecular formula is C18H24N4O3. The molecule has 2 rings (SSSR count). The van der Waals surface area contributed by atoms with Gasteiger partial charge in [0.15, 0.2) is 11.5 Å². The fourth-order valence-corrected chi connectivity index (χ4v) is 2.39. The van der Waals surface area contributed by atoms with Crippen LogP contribution in [0.25, 0.3) is 0 Å². The molecule has 1 aromatic carbocycles. The first kappa shape index (κ1) is 18.7. The number of rotatable bonds is 8. The molecule has 1 atom stereocenters. The van der Waals surface area contributed by atoms with Gasteiger partial charge in [-0.3, -0.25) is 14.5 Å². The van der Waals surface area contributed by atoms with E-state index < -0.39 is 0 Å². The molecule has 0 aliphatic rings. The van der Waals surface area contributed by atoms with Crippen LogP contribution in [0.5, 0.6) is 0 Å². The molecule has 0 radical (unpaired) electrons. The maximum absolute atomic E-state index is 12.1. The molecular weight excluding hydrogens is 320 g/mol. The monoisotopic (exact) mass is 344 g/mol. The zero-order valence-electron chi connectivity index (χ0n) is 14.8. The Morgan fingerprint density at radius 3 is 2.64 bits per heavy atom. The number of amides is 2. The summed E-state index contributed by atoms with van der Waals surface area (Å²) in [6.07, 6.45) is 0. The molecule has 2 N–H and O–H groups in total. The van der Waals surface area contributed by atoms with Crippen molar-refractivity contribution in [2.75, 3.05) is 20.6 Å². The quantitative estimate of drug-likeness (QED) is 0.756. The second kappa shape index (κ2) is 8.98. The minimum Gasteiger partial charge on any atom is -0.359 e. The summed E-state index contributed by atoms with van der Waals surface area (Å²) in [5.74, 6) is -0.166. The van der Waals surface area contributed by atoms with Crippen LogP contribution in [0.15, 0.2) is 40.9 Å². The molecule has 1 unspecified atom stereocenters. The highest BCUT2D eigenvalue weighted by Crippen LogP contribution is 2.10. The van der Waals surface area contributed by atoms with Crippen molar-refractivity contribution in [2.45, 2.75) is 20.0 Å². The van der Waals surface area contributed by atoms with Crippen LogP contribution in [-0.4, -0.2) is 42.5 Å². The van der Waals surface area contributed by atoms with E-state index in [0.29, 0.717) is 12.3 Å². The highest BCUT2D eigenvalue weighted by Gasteiger charge is 2.16. The minimum atomic E-state index is -0.350. The van der Waals surface area contributed by atoms with Gasteiger partial charge in [-0.25, -0.2) is 0 Å². The number of nitrogens with zero attached hydrogens (tertiary/aromatic N) is 2. The smallest absolute Gasteiger partial charge is 0.273 e. The van der Waals surface area contributed by atoms with Gasteiger partial charge in [0.25, 0.3) is 5.91 Å². The molecule has 0 bridgehead atoms. The van der Waals surface area contributed by atoms with Crippen molar-refractivity contribution in [2.24, 2.45) is 5.92 Å². The first-order valence-electron chi connectivity index (χ1n) is 8.17. The molecule has 2 amide bonds. The molecule has 0 saturated carbocycles. The van der Waals surface area contributed by atoms with Crippen LogP contribution in [-0.2, 0) is 17.9 Å². The lowest BCUT2D eigenvalue weighted by atomic mass is 10.1. The van der Waals surface area contributed by atoms with Crippen LogP contribution in [0.1, 0.15) is 28.7 Å². The zero-order valence-corrected chi connectivity index (χ0v) is 14.8. The average Bonchev–Trinajstić information content (AvgIpc) is 3.07. The van der Waals surface area contributed by atoms with E-state index in [9.17, 15) is 9.59 Å². The Morgan fingerprint density at radius 1 is 1.24 bits per heavy atom. The second-order valence-corrected chi connectivity index (χ2v) is 6.06. The van der Waals surface area contributed by atoms with Crippen molar-refractivity contribution in [3.05, 3.63) is 53.4 Å². The highest BCUT2D eigenvalue weighted by molar-refractivity contribution is 5.92. The second-order valence-electron chi connectivity index (χ2n) is 6.06. The van der Waals surface area contributed by atoms with Gasteiger partial charge in [0.2, 0.25) is 5.91 Å². The number of carbonyl (C=O) groups is 2. The third-order valence-electron chi connectivity index (χ3n) is 3.78. The standard InChI is InChI=1S/C18H24N4O3/c1-13(17(23)19-2)10-20-18(24)16-9-15(25-21-16)12-22(3)11-14-7-5-4-6-8-14/h4-9,13H,10-12H2,1-3H3,(H,19,23)(H,20,24). The number of hydrogen-bond donors (Lipinski definition) is 2. The lowest BCUT2D eigenvalue weighted by Gasteiger charge is -2.14. The van der Waals surface area contributed by atoms with Gasteiger partial charge in [-0.15, -0.1) is 0 Å². The van der Waals surface area contributed by atoms with Crippen LogP contribution in [0.2, 0.25) is 0 Å². The summed E-state index contributed by atoms with van der Waals surface area (Å²) in [5, 5.41) is 9.03. The predicted octanol–water partition coefficient (Wildman–Crippen LogP) is 1.42. The van der Waals surface area contributed by atoms with E-state index in [-0.39, 0.29) is 30.0 Å². The topological polar surface area (TPSA) is 87.5 Å². The first-order valence-corrected chi connectivity index (χ1v) is 8.17. The van der Waals surface area contributed by atoms with Gasteiger partial charge in [-0.1, -0.05) is 42.4 Å². The van der Waals surface area contributed by atoms with Crippen LogP contribution in [0, 0.1) is 5.92 Å².